The van der Waals surface area contributed by atoms with Crippen molar-refractivity contribution in [1.29, 1.82) is 0 Å². The summed E-state index contributed by atoms with van der Waals surface area (Å²) < 4.78 is 2.86. The van der Waals surface area contributed by atoms with Gasteiger partial charge in [-0.2, -0.15) is 5.10 Å². The third kappa shape index (κ3) is 2.60. The Labute approximate surface area is 120 Å². The van der Waals surface area contributed by atoms with Crippen molar-refractivity contribution < 1.29 is 4.79 Å². The molecule has 0 aliphatic carbocycles. The van der Waals surface area contributed by atoms with Crippen molar-refractivity contribution in [1.82, 2.24) is 19.3 Å². The van der Waals surface area contributed by atoms with Gasteiger partial charge in [0.1, 0.15) is 11.7 Å². The molecule has 0 saturated heterocycles. The average molecular weight is 282 g/mol. The maximum Gasteiger partial charge on any atom is 0.264 e. The van der Waals surface area contributed by atoms with E-state index in [1.807, 2.05) is 30.3 Å². The second-order valence-corrected chi connectivity index (χ2v) is 4.88. The molecule has 0 N–H and O–H groups in total. The fourth-order valence-corrected chi connectivity index (χ4v) is 2.25. The van der Waals surface area contributed by atoms with Gasteiger partial charge in [-0.05, 0) is 5.56 Å². The highest BCUT2D eigenvalue weighted by Gasteiger charge is 2.11. The number of carbonyl (C=O) groups excluding carboxylic acids is 1. The Hall–Kier alpha value is -2.76. The third-order valence-electron chi connectivity index (χ3n) is 3.31. The topological polar surface area (TPSA) is 69.8 Å². The number of benzene rings is 1. The first-order valence-corrected chi connectivity index (χ1v) is 6.58. The number of aromatic nitrogens is 4. The summed E-state index contributed by atoms with van der Waals surface area (Å²) in [6.45, 7) is 0.0194. The normalized spacial score (nSPS) is 10.9. The van der Waals surface area contributed by atoms with E-state index in [1.165, 1.54) is 21.8 Å². The van der Waals surface area contributed by atoms with Gasteiger partial charge in [0.25, 0.3) is 5.56 Å². The summed E-state index contributed by atoms with van der Waals surface area (Å²) in [5, 5.41) is 4.42. The molecule has 2 heterocycles. The van der Waals surface area contributed by atoms with Gasteiger partial charge in [-0.1, -0.05) is 30.3 Å². The lowest BCUT2D eigenvalue weighted by Crippen LogP contribution is -2.25. The van der Waals surface area contributed by atoms with Crippen molar-refractivity contribution in [3.05, 3.63) is 58.8 Å². The first-order chi connectivity index (χ1) is 10.1. The highest BCUT2D eigenvalue weighted by Crippen LogP contribution is 2.04. The van der Waals surface area contributed by atoms with Crippen LogP contribution in [0.25, 0.3) is 11.0 Å². The third-order valence-corrected chi connectivity index (χ3v) is 3.31. The molecule has 3 aromatic rings. The Morgan fingerprint density at radius 3 is 2.76 bits per heavy atom. The van der Waals surface area contributed by atoms with Crippen molar-refractivity contribution in [2.75, 3.05) is 0 Å². The molecule has 0 unspecified atom stereocenters. The first kappa shape index (κ1) is 13.2. The van der Waals surface area contributed by atoms with Gasteiger partial charge in [0.15, 0.2) is 11.4 Å². The number of fused-ring (bicyclic) bond motifs is 1. The lowest BCUT2D eigenvalue weighted by Gasteiger charge is -2.05. The number of hydrogen-bond acceptors (Lipinski definition) is 4. The highest BCUT2D eigenvalue weighted by atomic mass is 16.1. The fourth-order valence-electron chi connectivity index (χ4n) is 2.25. The van der Waals surface area contributed by atoms with E-state index in [0.717, 1.165) is 5.56 Å². The van der Waals surface area contributed by atoms with E-state index < -0.39 is 0 Å². The minimum Gasteiger partial charge on any atom is -0.297 e. The van der Waals surface area contributed by atoms with Crippen LogP contribution in [0, 0.1) is 0 Å². The van der Waals surface area contributed by atoms with Crippen LogP contribution in [0.2, 0.25) is 0 Å². The molecule has 0 amide bonds. The zero-order valence-corrected chi connectivity index (χ0v) is 11.6. The number of nitrogens with zero attached hydrogens (tertiary/aromatic N) is 4. The summed E-state index contributed by atoms with van der Waals surface area (Å²) in [6, 6.07) is 9.46. The molecule has 0 aliphatic rings. The van der Waals surface area contributed by atoms with Gasteiger partial charge in [-0.3, -0.25) is 18.8 Å². The van der Waals surface area contributed by atoms with Crippen molar-refractivity contribution >= 4 is 16.8 Å². The molecule has 21 heavy (non-hydrogen) atoms. The van der Waals surface area contributed by atoms with Gasteiger partial charge in [-0.15, -0.1) is 0 Å². The predicted octanol–water partition coefficient (Wildman–Crippen LogP) is 0.942. The second kappa shape index (κ2) is 5.32. The lowest BCUT2D eigenvalue weighted by atomic mass is 10.1. The Morgan fingerprint density at radius 1 is 1.24 bits per heavy atom. The van der Waals surface area contributed by atoms with E-state index in [4.69, 9.17) is 0 Å². The minimum absolute atomic E-state index is 0.0194. The fraction of sp³-hybridized carbons (Fsp3) is 0.200. The molecule has 0 aliphatic heterocycles. The van der Waals surface area contributed by atoms with Gasteiger partial charge in [0.05, 0.1) is 12.7 Å². The molecule has 0 spiro atoms. The number of ketones is 1. The van der Waals surface area contributed by atoms with Crippen molar-refractivity contribution in [2.24, 2.45) is 7.05 Å². The molecule has 0 fully saturated rings. The molecule has 2 aromatic heterocycles. The zero-order chi connectivity index (χ0) is 14.8. The molecule has 0 atom stereocenters. The molecule has 6 heteroatoms. The van der Waals surface area contributed by atoms with Crippen molar-refractivity contribution in [3.8, 4) is 0 Å². The zero-order valence-electron chi connectivity index (χ0n) is 11.6. The summed E-state index contributed by atoms with van der Waals surface area (Å²) in [5.74, 6) is -0.0339. The maximum atomic E-state index is 12.2. The van der Waals surface area contributed by atoms with Gasteiger partial charge in [0.2, 0.25) is 0 Å². The van der Waals surface area contributed by atoms with Gasteiger partial charge >= 0.3 is 0 Å². The summed E-state index contributed by atoms with van der Waals surface area (Å²) in [5.41, 5.74) is 1.22. The van der Waals surface area contributed by atoms with Crippen LogP contribution in [0.1, 0.15) is 5.56 Å². The highest BCUT2D eigenvalue weighted by molar-refractivity contribution is 5.81. The minimum atomic E-state index is -0.241. The van der Waals surface area contributed by atoms with Crippen LogP contribution in [-0.2, 0) is 24.8 Å². The Morgan fingerprint density at radius 2 is 2.00 bits per heavy atom. The first-order valence-electron chi connectivity index (χ1n) is 6.58. The predicted molar refractivity (Wildman–Crippen MR) is 77.9 cm³/mol. The Kier molecular flexibility index (Phi) is 3.35. The molecule has 3 rings (SSSR count). The van der Waals surface area contributed by atoms with Gasteiger partial charge in [-0.25, -0.2) is 4.98 Å². The van der Waals surface area contributed by atoms with E-state index in [-0.39, 0.29) is 17.9 Å². The van der Waals surface area contributed by atoms with Crippen LogP contribution in [-0.4, -0.2) is 25.1 Å². The summed E-state index contributed by atoms with van der Waals surface area (Å²) >= 11 is 0. The number of aryl methyl sites for hydroxylation is 1. The summed E-state index contributed by atoms with van der Waals surface area (Å²) in [7, 11) is 1.72. The van der Waals surface area contributed by atoms with E-state index in [1.54, 1.807) is 7.05 Å². The summed E-state index contributed by atoms with van der Waals surface area (Å²) in [6.07, 6.45) is 3.18. The van der Waals surface area contributed by atoms with E-state index >= 15 is 0 Å². The number of Topliss-reactive ketones (excluding diaryl/α,β-unsaturated/α-hetero) is 1. The monoisotopic (exact) mass is 282 g/mol. The van der Waals surface area contributed by atoms with Crippen LogP contribution in [0.4, 0.5) is 0 Å². The van der Waals surface area contributed by atoms with Crippen LogP contribution < -0.4 is 5.56 Å². The number of carbonyl (C=O) groups is 1. The standard InChI is InChI=1S/C15H14N4O2/c1-18-14-13(8-17-18)15(21)19(10-16-14)9-12(20)7-11-5-3-2-4-6-11/h2-6,8,10H,7,9H2,1H3. The molecule has 0 saturated carbocycles. The van der Waals surface area contributed by atoms with Crippen molar-refractivity contribution in [2.45, 2.75) is 13.0 Å². The lowest BCUT2D eigenvalue weighted by molar-refractivity contribution is -0.119. The molecule has 6 nitrogen and oxygen atoms in total. The quantitative estimate of drug-likeness (QED) is 0.714. The average Bonchev–Trinajstić information content (AvgIpc) is 2.85. The van der Waals surface area contributed by atoms with Crippen LogP contribution in [0.3, 0.4) is 0 Å². The maximum absolute atomic E-state index is 12.2. The van der Waals surface area contributed by atoms with Crippen LogP contribution in [0.15, 0.2) is 47.7 Å². The van der Waals surface area contributed by atoms with Crippen LogP contribution >= 0.6 is 0 Å². The molecule has 1 aromatic carbocycles. The Balaban J connectivity index is 1.83. The summed E-state index contributed by atoms with van der Waals surface area (Å²) in [4.78, 5) is 28.5. The molecular weight excluding hydrogens is 268 g/mol. The molecule has 0 bridgehead atoms. The SMILES string of the molecule is Cn1ncc2c(=O)n(CC(=O)Cc3ccccc3)cnc21. The molecule has 0 radical (unpaired) electrons. The molecule has 106 valence electrons. The smallest absolute Gasteiger partial charge is 0.264 e. The van der Waals surface area contributed by atoms with E-state index in [0.29, 0.717) is 17.5 Å². The number of rotatable bonds is 4. The van der Waals surface area contributed by atoms with Crippen LogP contribution in [0.5, 0.6) is 0 Å². The Bertz CT molecular complexity index is 849. The van der Waals surface area contributed by atoms with Crippen molar-refractivity contribution in [3.63, 3.8) is 0 Å². The second-order valence-electron chi connectivity index (χ2n) is 4.88. The largest absolute Gasteiger partial charge is 0.297 e. The molecular formula is C15H14N4O2. The van der Waals surface area contributed by atoms with E-state index in [2.05, 4.69) is 10.1 Å². The van der Waals surface area contributed by atoms with Gasteiger partial charge in [0, 0.05) is 13.5 Å². The van der Waals surface area contributed by atoms with Gasteiger partial charge < -0.3 is 0 Å². The van der Waals surface area contributed by atoms with E-state index in [9.17, 15) is 9.59 Å². The number of hydrogen-bond donors (Lipinski definition) is 0.